The summed E-state index contributed by atoms with van der Waals surface area (Å²) in [7, 11) is -1.61. The van der Waals surface area contributed by atoms with Gasteiger partial charge < -0.3 is 4.43 Å². The maximum Gasteiger partial charge on any atom is 0.192 e. The van der Waals surface area contributed by atoms with Crippen molar-refractivity contribution in [2.75, 3.05) is 6.61 Å². The van der Waals surface area contributed by atoms with Gasteiger partial charge >= 0.3 is 0 Å². The molecular formula is C15H26OSi. The molecule has 96 valence electrons. The summed E-state index contributed by atoms with van der Waals surface area (Å²) >= 11 is 0. The zero-order valence-electron chi connectivity index (χ0n) is 12.1. The molecule has 1 atom stereocenters. The Labute approximate surface area is 108 Å². The minimum absolute atomic E-state index is 0.278. The first-order valence-electron chi connectivity index (χ1n) is 6.14. The number of hydrogen-bond acceptors (Lipinski definition) is 1. The minimum atomic E-state index is -1.61. The number of hydrogen-bond donors (Lipinski definition) is 0. The van der Waals surface area contributed by atoms with Crippen LogP contribution in [0.15, 0.2) is 24.3 Å². The molecule has 0 saturated heterocycles. The Hall–Kier alpha value is -0.783. The summed E-state index contributed by atoms with van der Waals surface area (Å²) in [5, 5.41) is 0.278. The van der Waals surface area contributed by atoms with E-state index in [-0.39, 0.29) is 5.04 Å². The van der Waals surface area contributed by atoms with Crippen molar-refractivity contribution in [2.24, 2.45) is 5.92 Å². The zero-order chi connectivity index (χ0) is 13.5. The third-order valence-corrected chi connectivity index (χ3v) is 7.76. The lowest BCUT2D eigenvalue weighted by Gasteiger charge is -2.36. The second-order valence-corrected chi connectivity index (χ2v) is 10.8. The van der Waals surface area contributed by atoms with Crippen LogP contribution < -0.4 is 0 Å². The quantitative estimate of drug-likeness (QED) is 0.399. The molecule has 0 aromatic carbocycles. The molecule has 0 rings (SSSR count). The highest BCUT2D eigenvalue weighted by molar-refractivity contribution is 6.74. The summed E-state index contributed by atoms with van der Waals surface area (Å²) in [6.45, 7) is 14.3. The number of allylic oxidation sites excluding steroid dienone is 3. The standard InChI is InChI=1S/C15H26OSi/c1-8-9-10-11-12-14(2)13-16-17(6,7)15(3,4)5/h1,9-12,14H,13H2,2-7H3/b10-9+,12-11+/t14-/m0/s1. The van der Waals surface area contributed by atoms with Gasteiger partial charge in [0.1, 0.15) is 0 Å². The largest absolute Gasteiger partial charge is 0.416 e. The zero-order valence-corrected chi connectivity index (χ0v) is 13.1. The van der Waals surface area contributed by atoms with Crippen molar-refractivity contribution < 1.29 is 4.43 Å². The fourth-order valence-electron chi connectivity index (χ4n) is 0.977. The molecule has 1 nitrogen and oxygen atoms in total. The van der Waals surface area contributed by atoms with Crippen LogP contribution in [0.25, 0.3) is 0 Å². The van der Waals surface area contributed by atoms with Crippen LogP contribution in [0.3, 0.4) is 0 Å². The third-order valence-electron chi connectivity index (χ3n) is 3.26. The molecule has 0 aliphatic heterocycles. The molecule has 2 heteroatoms. The van der Waals surface area contributed by atoms with E-state index in [1.807, 2.05) is 12.2 Å². The molecule has 0 aliphatic rings. The first-order valence-corrected chi connectivity index (χ1v) is 9.05. The Morgan fingerprint density at radius 3 is 2.35 bits per heavy atom. The van der Waals surface area contributed by atoms with Gasteiger partial charge in [0, 0.05) is 6.61 Å². The van der Waals surface area contributed by atoms with E-state index in [0.29, 0.717) is 5.92 Å². The maximum absolute atomic E-state index is 6.14. The lowest BCUT2D eigenvalue weighted by atomic mass is 10.2. The summed E-state index contributed by atoms with van der Waals surface area (Å²) in [6.07, 6.45) is 12.8. The van der Waals surface area contributed by atoms with Gasteiger partial charge in [-0.2, -0.15) is 0 Å². The highest BCUT2D eigenvalue weighted by Gasteiger charge is 2.37. The molecule has 0 fully saturated rings. The number of terminal acetylenes is 1. The smallest absolute Gasteiger partial charge is 0.192 e. The van der Waals surface area contributed by atoms with Crippen molar-refractivity contribution in [3.63, 3.8) is 0 Å². The molecule has 0 spiro atoms. The predicted octanol–water partition coefficient (Wildman–Crippen LogP) is 4.39. The van der Waals surface area contributed by atoms with E-state index in [1.165, 1.54) is 0 Å². The van der Waals surface area contributed by atoms with Crippen molar-refractivity contribution in [3.8, 4) is 12.3 Å². The van der Waals surface area contributed by atoms with Gasteiger partial charge in [-0.1, -0.05) is 51.8 Å². The predicted molar refractivity (Wildman–Crippen MR) is 79.4 cm³/mol. The van der Waals surface area contributed by atoms with Crippen molar-refractivity contribution in [2.45, 2.75) is 45.8 Å². The van der Waals surface area contributed by atoms with Crippen molar-refractivity contribution in [1.29, 1.82) is 0 Å². The molecule has 0 radical (unpaired) electrons. The van der Waals surface area contributed by atoms with Crippen molar-refractivity contribution >= 4 is 8.32 Å². The average molecular weight is 250 g/mol. The van der Waals surface area contributed by atoms with Gasteiger partial charge in [0.05, 0.1) is 0 Å². The molecule has 0 unspecified atom stereocenters. The van der Waals surface area contributed by atoms with E-state index in [1.54, 1.807) is 6.08 Å². The molecule has 0 bridgehead atoms. The van der Waals surface area contributed by atoms with Crippen LogP contribution in [-0.2, 0) is 4.43 Å². The van der Waals surface area contributed by atoms with E-state index >= 15 is 0 Å². The van der Waals surface area contributed by atoms with Gasteiger partial charge in [-0.15, -0.1) is 6.42 Å². The normalized spacial score (nSPS) is 15.4. The summed E-state index contributed by atoms with van der Waals surface area (Å²) in [5.74, 6) is 2.88. The van der Waals surface area contributed by atoms with E-state index in [0.717, 1.165) is 6.61 Å². The third kappa shape index (κ3) is 6.50. The second kappa shape index (κ2) is 6.83. The van der Waals surface area contributed by atoms with Crippen molar-refractivity contribution in [3.05, 3.63) is 24.3 Å². The molecule has 0 N–H and O–H groups in total. The molecule has 0 amide bonds. The molecule has 0 aromatic heterocycles. The summed E-state index contributed by atoms with van der Waals surface area (Å²) in [5.41, 5.74) is 0. The molecule has 0 heterocycles. The molecule has 0 aromatic rings. The summed E-state index contributed by atoms with van der Waals surface area (Å²) < 4.78 is 6.14. The number of rotatable bonds is 5. The monoisotopic (exact) mass is 250 g/mol. The Morgan fingerprint density at radius 2 is 1.88 bits per heavy atom. The summed E-state index contributed by atoms with van der Waals surface area (Å²) in [6, 6.07) is 0. The SMILES string of the molecule is C#C/C=C/C=C/[C@H](C)CO[Si](C)(C)C(C)(C)C. The van der Waals surface area contributed by atoms with Gasteiger partial charge in [-0.25, -0.2) is 0 Å². The van der Waals surface area contributed by atoms with Crippen LogP contribution in [0.5, 0.6) is 0 Å². The molecular weight excluding hydrogens is 224 g/mol. The second-order valence-electron chi connectivity index (χ2n) is 5.96. The maximum atomic E-state index is 6.14. The van der Waals surface area contributed by atoms with Crippen LogP contribution >= 0.6 is 0 Å². The highest BCUT2D eigenvalue weighted by atomic mass is 28.4. The highest BCUT2D eigenvalue weighted by Crippen LogP contribution is 2.36. The van der Waals surface area contributed by atoms with Gasteiger partial charge in [0.2, 0.25) is 0 Å². The minimum Gasteiger partial charge on any atom is -0.416 e. The van der Waals surface area contributed by atoms with Crippen LogP contribution in [0, 0.1) is 18.3 Å². The lowest BCUT2D eigenvalue weighted by molar-refractivity contribution is 0.259. The van der Waals surface area contributed by atoms with Gasteiger partial charge in [0.15, 0.2) is 8.32 Å². The molecule has 17 heavy (non-hydrogen) atoms. The fraction of sp³-hybridized carbons (Fsp3) is 0.600. The van der Waals surface area contributed by atoms with Crippen molar-refractivity contribution in [1.82, 2.24) is 0 Å². The van der Waals surface area contributed by atoms with E-state index in [2.05, 4.69) is 52.8 Å². The Bertz CT molecular complexity index is 313. The summed E-state index contributed by atoms with van der Waals surface area (Å²) in [4.78, 5) is 0. The van der Waals surface area contributed by atoms with Gasteiger partial charge in [0.25, 0.3) is 0 Å². The Kier molecular flexibility index (Phi) is 6.52. The van der Waals surface area contributed by atoms with E-state index in [9.17, 15) is 0 Å². The van der Waals surface area contributed by atoms with Gasteiger partial charge in [-0.3, -0.25) is 0 Å². The van der Waals surface area contributed by atoms with E-state index < -0.39 is 8.32 Å². The van der Waals surface area contributed by atoms with E-state index in [4.69, 9.17) is 10.8 Å². The fourth-order valence-corrected chi connectivity index (χ4v) is 2.09. The lowest BCUT2D eigenvalue weighted by Crippen LogP contribution is -2.41. The first-order chi connectivity index (χ1) is 7.70. The van der Waals surface area contributed by atoms with Crippen LogP contribution in [0.4, 0.5) is 0 Å². The van der Waals surface area contributed by atoms with Crippen LogP contribution in [0.2, 0.25) is 18.1 Å². The molecule has 0 aliphatic carbocycles. The Balaban J connectivity index is 4.17. The van der Waals surface area contributed by atoms with Gasteiger partial charge in [-0.05, 0) is 30.1 Å². The molecule has 0 saturated carbocycles. The average Bonchev–Trinajstić information content (AvgIpc) is 2.20. The first kappa shape index (κ1) is 16.2. The topological polar surface area (TPSA) is 9.23 Å². The van der Waals surface area contributed by atoms with Crippen LogP contribution in [-0.4, -0.2) is 14.9 Å². The van der Waals surface area contributed by atoms with Crippen LogP contribution in [0.1, 0.15) is 27.7 Å². The Morgan fingerprint density at radius 1 is 1.29 bits per heavy atom.